The van der Waals surface area contributed by atoms with Gasteiger partial charge in [0.25, 0.3) is 5.91 Å². The van der Waals surface area contributed by atoms with Crippen LogP contribution in [0, 0.1) is 0 Å². The maximum Gasteiger partial charge on any atom is 0.260 e. The maximum atomic E-state index is 12.4. The van der Waals surface area contributed by atoms with Gasteiger partial charge < -0.3 is 14.8 Å². The van der Waals surface area contributed by atoms with Gasteiger partial charge >= 0.3 is 0 Å². The van der Waals surface area contributed by atoms with Crippen LogP contribution in [0.5, 0.6) is 5.75 Å². The second-order valence-corrected chi connectivity index (χ2v) is 8.42. The molecule has 0 aliphatic carbocycles. The van der Waals surface area contributed by atoms with Crippen molar-refractivity contribution >= 4 is 5.91 Å². The Balaban J connectivity index is 1.59. The SMILES string of the molecule is COCCNC(=O)C(C)Oc1ccc2c(c1)C(c1ccccc1)N(Cc1ccccc1)CC2. The van der Waals surface area contributed by atoms with Crippen molar-refractivity contribution in [3.05, 3.63) is 101 Å². The van der Waals surface area contributed by atoms with Crippen LogP contribution in [0.15, 0.2) is 78.9 Å². The Kier molecular flexibility index (Phi) is 7.76. The van der Waals surface area contributed by atoms with Crippen LogP contribution >= 0.6 is 0 Å². The van der Waals surface area contributed by atoms with Crippen molar-refractivity contribution in [1.29, 1.82) is 0 Å². The number of fused-ring (bicyclic) bond motifs is 1. The molecule has 5 heteroatoms. The number of ether oxygens (including phenoxy) is 2. The van der Waals surface area contributed by atoms with Crippen LogP contribution in [0.1, 0.15) is 35.2 Å². The van der Waals surface area contributed by atoms with Gasteiger partial charge in [0, 0.05) is 26.7 Å². The van der Waals surface area contributed by atoms with Crippen molar-refractivity contribution < 1.29 is 14.3 Å². The molecule has 0 spiro atoms. The van der Waals surface area contributed by atoms with Crippen LogP contribution < -0.4 is 10.1 Å². The first kappa shape index (κ1) is 23.0. The van der Waals surface area contributed by atoms with Crippen molar-refractivity contribution in [3.8, 4) is 5.75 Å². The van der Waals surface area contributed by atoms with Crippen molar-refractivity contribution in [2.24, 2.45) is 0 Å². The summed E-state index contributed by atoms with van der Waals surface area (Å²) in [6, 6.07) is 27.6. The molecule has 1 N–H and O–H groups in total. The van der Waals surface area contributed by atoms with E-state index in [4.69, 9.17) is 9.47 Å². The number of hydrogen-bond acceptors (Lipinski definition) is 4. The van der Waals surface area contributed by atoms with E-state index in [1.807, 2.05) is 6.07 Å². The third-order valence-electron chi connectivity index (χ3n) is 6.08. The van der Waals surface area contributed by atoms with E-state index in [0.29, 0.717) is 18.9 Å². The lowest BCUT2D eigenvalue weighted by molar-refractivity contribution is -0.127. The molecule has 1 aliphatic rings. The number of nitrogens with zero attached hydrogens (tertiary/aromatic N) is 1. The van der Waals surface area contributed by atoms with Crippen LogP contribution in [0.2, 0.25) is 0 Å². The lowest BCUT2D eigenvalue weighted by atomic mass is 9.87. The minimum Gasteiger partial charge on any atom is -0.481 e. The molecule has 2 atom stereocenters. The fourth-order valence-electron chi connectivity index (χ4n) is 4.41. The summed E-state index contributed by atoms with van der Waals surface area (Å²) in [5.74, 6) is 0.570. The molecule has 1 aliphatic heterocycles. The lowest BCUT2D eigenvalue weighted by Crippen LogP contribution is -2.38. The van der Waals surface area contributed by atoms with Crippen LogP contribution in [0.3, 0.4) is 0 Å². The average molecular weight is 445 g/mol. The highest BCUT2D eigenvalue weighted by atomic mass is 16.5. The average Bonchev–Trinajstić information content (AvgIpc) is 2.85. The topological polar surface area (TPSA) is 50.8 Å². The third-order valence-corrected chi connectivity index (χ3v) is 6.08. The summed E-state index contributed by atoms with van der Waals surface area (Å²) in [6.45, 7) is 4.59. The highest BCUT2D eigenvalue weighted by Gasteiger charge is 2.29. The predicted octanol–water partition coefficient (Wildman–Crippen LogP) is 4.36. The Hall–Kier alpha value is -3.15. The van der Waals surface area contributed by atoms with Gasteiger partial charge in [-0.25, -0.2) is 0 Å². The number of carbonyl (C=O) groups is 1. The molecular formula is C28H32N2O3. The minimum atomic E-state index is -0.584. The molecule has 1 amide bonds. The van der Waals surface area contributed by atoms with Gasteiger partial charge in [0.05, 0.1) is 12.6 Å². The predicted molar refractivity (Wildman–Crippen MR) is 130 cm³/mol. The zero-order valence-corrected chi connectivity index (χ0v) is 19.4. The summed E-state index contributed by atoms with van der Waals surface area (Å²) in [5, 5.41) is 2.84. The zero-order valence-electron chi connectivity index (χ0n) is 19.4. The fraction of sp³-hybridized carbons (Fsp3) is 0.321. The molecule has 0 saturated heterocycles. The number of methoxy groups -OCH3 is 1. The van der Waals surface area contributed by atoms with Gasteiger partial charge in [-0.05, 0) is 47.7 Å². The van der Waals surface area contributed by atoms with Crippen molar-refractivity contribution in [1.82, 2.24) is 10.2 Å². The largest absolute Gasteiger partial charge is 0.481 e. The summed E-state index contributed by atoms with van der Waals surface area (Å²) in [4.78, 5) is 14.9. The molecule has 33 heavy (non-hydrogen) atoms. The number of carbonyl (C=O) groups excluding carboxylic acids is 1. The zero-order chi connectivity index (χ0) is 23.0. The number of amides is 1. The van der Waals surface area contributed by atoms with Gasteiger partial charge in [0.1, 0.15) is 5.75 Å². The smallest absolute Gasteiger partial charge is 0.260 e. The van der Waals surface area contributed by atoms with E-state index < -0.39 is 6.10 Å². The van der Waals surface area contributed by atoms with Crippen molar-refractivity contribution in [3.63, 3.8) is 0 Å². The van der Waals surface area contributed by atoms with Gasteiger partial charge in [-0.15, -0.1) is 0 Å². The van der Waals surface area contributed by atoms with Crippen molar-refractivity contribution in [2.45, 2.75) is 32.0 Å². The van der Waals surface area contributed by atoms with E-state index in [1.54, 1.807) is 14.0 Å². The minimum absolute atomic E-state index is 0.129. The molecular weight excluding hydrogens is 412 g/mol. The molecule has 0 bridgehead atoms. The highest BCUT2D eigenvalue weighted by Crippen LogP contribution is 2.38. The fourth-order valence-corrected chi connectivity index (χ4v) is 4.41. The first-order valence-electron chi connectivity index (χ1n) is 11.5. The molecule has 4 rings (SSSR count). The summed E-state index contributed by atoms with van der Waals surface area (Å²) in [6.07, 6.45) is 0.401. The molecule has 0 fully saturated rings. The van der Waals surface area contributed by atoms with E-state index >= 15 is 0 Å². The Labute approximate surface area is 196 Å². The summed E-state index contributed by atoms with van der Waals surface area (Å²) in [5.41, 5.74) is 5.14. The highest BCUT2D eigenvalue weighted by molar-refractivity contribution is 5.80. The van der Waals surface area contributed by atoms with Crippen LogP contribution in [0.4, 0.5) is 0 Å². The van der Waals surface area contributed by atoms with Gasteiger partial charge in [0.15, 0.2) is 6.10 Å². The summed E-state index contributed by atoms with van der Waals surface area (Å²) >= 11 is 0. The molecule has 5 nitrogen and oxygen atoms in total. The quantitative estimate of drug-likeness (QED) is 0.498. The van der Waals surface area contributed by atoms with E-state index in [1.165, 1.54) is 22.3 Å². The van der Waals surface area contributed by atoms with Crippen molar-refractivity contribution in [2.75, 3.05) is 26.8 Å². The second-order valence-electron chi connectivity index (χ2n) is 8.42. The number of nitrogens with one attached hydrogen (secondary N) is 1. The molecule has 3 aromatic carbocycles. The molecule has 1 heterocycles. The first-order valence-corrected chi connectivity index (χ1v) is 11.5. The Morgan fingerprint density at radius 3 is 2.52 bits per heavy atom. The number of benzene rings is 3. The number of rotatable bonds is 9. The molecule has 2 unspecified atom stereocenters. The van der Waals surface area contributed by atoms with Crippen LogP contribution in [0.25, 0.3) is 0 Å². The van der Waals surface area contributed by atoms with Gasteiger partial charge in [-0.2, -0.15) is 0 Å². The van der Waals surface area contributed by atoms with E-state index in [0.717, 1.165) is 19.5 Å². The second kappa shape index (κ2) is 11.1. The Morgan fingerprint density at radius 2 is 1.79 bits per heavy atom. The van der Waals surface area contributed by atoms with E-state index in [9.17, 15) is 4.79 Å². The standard InChI is InChI=1S/C28H32N2O3/c1-21(28(31)29-16-18-32-2)33-25-14-13-23-15-17-30(20-22-9-5-3-6-10-22)27(26(23)19-25)24-11-7-4-8-12-24/h3-14,19,21,27H,15-18,20H2,1-2H3,(H,29,31). The maximum absolute atomic E-state index is 12.4. The summed E-state index contributed by atoms with van der Waals surface area (Å²) in [7, 11) is 1.61. The first-order chi connectivity index (χ1) is 16.2. The third kappa shape index (κ3) is 5.81. The van der Waals surface area contributed by atoms with E-state index in [2.05, 4.69) is 83.0 Å². The van der Waals surface area contributed by atoms with Crippen LogP contribution in [-0.4, -0.2) is 43.7 Å². The van der Waals surface area contributed by atoms with Crippen LogP contribution in [-0.2, 0) is 22.5 Å². The molecule has 3 aromatic rings. The Morgan fingerprint density at radius 1 is 1.06 bits per heavy atom. The lowest BCUT2D eigenvalue weighted by Gasteiger charge is -2.38. The monoisotopic (exact) mass is 444 g/mol. The molecule has 0 saturated carbocycles. The van der Waals surface area contributed by atoms with E-state index in [-0.39, 0.29) is 11.9 Å². The molecule has 0 aromatic heterocycles. The van der Waals surface area contributed by atoms with Gasteiger partial charge in [-0.1, -0.05) is 66.7 Å². The number of hydrogen-bond donors (Lipinski definition) is 1. The molecule has 172 valence electrons. The Bertz CT molecular complexity index is 1040. The normalized spacial score (nSPS) is 16.6. The van der Waals surface area contributed by atoms with Gasteiger partial charge in [0.2, 0.25) is 0 Å². The summed E-state index contributed by atoms with van der Waals surface area (Å²) < 4.78 is 11.0. The van der Waals surface area contributed by atoms with Gasteiger partial charge in [-0.3, -0.25) is 9.69 Å². The molecule has 0 radical (unpaired) electrons.